The Bertz CT molecular complexity index is 1420. The molecule has 1 aliphatic rings. The summed E-state index contributed by atoms with van der Waals surface area (Å²) in [4.78, 5) is 13.2. The van der Waals surface area contributed by atoms with E-state index in [1.54, 1.807) is 35.8 Å². The Balaban J connectivity index is 1.75. The Morgan fingerprint density at radius 1 is 1.00 bits per heavy atom. The fourth-order valence-corrected chi connectivity index (χ4v) is 5.06. The maximum absolute atomic E-state index is 13.2. The number of nitrogens with one attached hydrogen (secondary N) is 1. The number of amides is 1. The molecule has 2 heterocycles. The Hall–Kier alpha value is -2.73. The summed E-state index contributed by atoms with van der Waals surface area (Å²) in [5.41, 5.74) is -0.204. The van der Waals surface area contributed by atoms with Gasteiger partial charge in [0.1, 0.15) is 5.75 Å². The average molecular weight is 576 g/mol. The standard InChI is InChI=1S/C24H22Cl2F3N3O4S/c1-15-20(23(33)30-31-11-3-2-4-12-31)14-22(19-10-5-16(25)13-21(19)26)32(15)17-6-8-18(9-7-17)36-37(34,35)24(27,28)29/h5-10,13-14H,2-4,11-12H2,1H3,(H,30,33). The SMILES string of the molecule is Cc1c(C(=O)NN2CCCCC2)cc(-c2ccc(Cl)cc2Cl)n1-c1ccc(OS(=O)(=O)C(F)(F)F)cc1. The molecule has 1 saturated heterocycles. The van der Waals surface area contributed by atoms with E-state index in [9.17, 15) is 26.4 Å². The predicted octanol–water partition coefficient (Wildman–Crippen LogP) is 6.12. The zero-order valence-corrected chi connectivity index (χ0v) is 21.8. The van der Waals surface area contributed by atoms with Crippen molar-refractivity contribution in [1.82, 2.24) is 15.0 Å². The third-order valence-corrected chi connectivity index (χ3v) is 7.43. The van der Waals surface area contributed by atoms with E-state index in [-0.39, 0.29) is 5.91 Å². The fraction of sp³-hybridized carbons (Fsp3) is 0.292. The lowest BCUT2D eigenvalue weighted by Gasteiger charge is -2.26. The molecule has 0 aliphatic carbocycles. The molecule has 1 aromatic heterocycles. The highest BCUT2D eigenvalue weighted by atomic mass is 35.5. The third-order valence-electron chi connectivity index (χ3n) is 5.90. The van der Waals surface area contributed by atoms with Crippen molar-refractivity contribution in [3.8, 4) is 22.7 Å². The van der Waals surface area contributed by atoms with Crippen LogP contribution in [-0.4, -0.2) is 42.5 Å². The molecule has 1 fully saturated rings. The van der Waals surface area contributed by atoms with E-state index >= 15 is 0 Å². The highest BCUT2D eigenvalue weighted by Gasteiger charge is 2.48. The summed E-state index contributed by atoms with van der Waals surface area (Å²) in [5, 5.41) is 2.61. The summed E-state index contributed by atoms with van der Waals surface area (Å²) in [5.74, 6) is -0.833. The number of alkyl halides is 3. The number of aromatic nitrogens is 1. The summed E-state index contributed by atoms with van der Waals surface area (Å²) < 4.78 is 66.7. The van der Waals surface area contributed by atoms with Gasteiger partial charge in [-0.3, -0.25) is 10.2 Å². The first-order valence-electron chi connectivity index (χ1n) is 11.2. The van der Waals surface area contributed by atoms with E-state index < -0.39 is 21.4 Å². The molecule has 0 atom stereocenters. The number of carbonyl (C=O) groups excluding carboxylic acids is 1. The van der Waals surface area contributed by atoms with Gasteiger partial charge in [-0.1, -0.05) is 29.6 Å². The Kier molecular flexibility index (Phi) is 7.80. The first kappa shape index (κ1) is 27.3. The van der Waals surface area contributed by atoms with Gasteiger partial charge in [-0.05, 0) is 68.3 Å². The van der Waals surface area contributed by atoms with Crippen molar-refractivity contribution in [2.45, 2.75) is 31.7 Å². The number of rotatable bonds is 6. The minimum Gasteiger partial charge on any atom is -0.376 e. The van der Waals surface area contributed by atoms with Gasteiger partial charge < -0.3 is 8.75 Å². The predicted molar refractivity (Wildman–Crippen MR) is 134 cm³/mol. The van der Waals surface area contributed by atoms with Crippen LogP contribution >= 0.6 is 23.2 Å². The van der Waals surface area contributed by atoms with Gasteiger partial charge in [-0.15, -0.1) is 0 Å². The van der Waals surface area contributed by atoms with Gasteiger partial charge in [0.25, 0.3) is 5.91 Å². The van der Waals surface area contributed by atoms with E-state index in [4.69, 9.17) is 23.2 Å². The van der Waals surface area contributed by atoms with Gasteiger partial charge in [-0.2, -0.15) is 21.6 Å². The molecule has 2 aromatic carbocycles. The second kappa shape index (κ2) is 10.6. The van der Waals surface area contributed by atoms with Crippen molar-refractivity contribution in [3.05, 3.63) is 69.8 Å². The van der Waals surface area contributed by atoms with Gasteiger partial charge in [-0.25, -0.2) is 5.01 Å². The van der Waals surface area contributed by atoms with Crippen LogP contribution in [0.4, 0.5) is 13.2 Å². The molecule has 0 radical (unpaired) electrons. The van der Waals surface area contributed by atoms with Crippen LogP contribution in [0.1, 0.15) is 35.3 Å². The minimum absolute atomic E-state index is 0.319. The number of halogens is 5. The quantitative estimate of drug-likeness (QED) is 0.283. The fourth-order valence-electron chi connectivity index (χ4n) is 4.10. The molecule has 0 unspecified atom stereocenters. The smallest absolute Gasteiger partial charge is 0.376 e. The number of hydrogen-bond donors (Lipinski definition) is 1. The maximum Gasteiger partial charge on any atom is 0.534 e. The van der Waals surface area contributed by atoms with Crippen LogP contribution in [0.15, 0.2) is 48.5 Å². The van der Waals surface area contributed by atoms with Crippen molar-refractivity contribution in [2.24, 2.45) is 0 Å². The van der Waals surface area contributed by atoms with Gasteiger partial charge in [0.15, 0.2) is 0 Å². The van der Waals surface area contributed by atoms with Crippen LogP contribution in [0, 0.1) is 6.92 Å². The van der Waals surface area contributed by atoms with E-state index in [1.165, 1.54) is 12.1 Å². The summed E-state index contributed by atoms with van der Waals surface area (Å²) >= 11 is 12.5. The first-order chi connectivity index (χ1) is 17.4. The molecule has 1 N–H and O–H groups in total. The van der Waals surface area contributed by atoms with Gasteiger partial charge in [0.2, 0.25) is 0 Å². The first-order valence-corrected chi connectivity index (χ1v) is 13.4. The summed E-state index contributed by atoms with van der Waals surface area (Å²) in [6, 6.07) is 11.5. The number of carbonyl (C=O) groups is 1. The number of benzene rings is 2. The van der Waals surface area contributed by atoms with Crippen molar-refractivity contribution >= 4 is 39.2 Å². The molecular weight excluding hydrogens is 554 g/mol. The number of piperidine rings is 1. The normalized spacial score (nSPS) is 15.0. The zero-order chi connectivity index (χ0) is 27.0. The second-order valence-electron chi connectivity index (χ2n) is 8.45. The molecule has 198 valence electrons. The van der Waals surface area contributed by atoms with Crippen LogP contribution in [0.5, 0.6) is 5.75 Å². The van der Waals surface area contributed by atoms with Gasteiger partial charge in [0, 0.05) is 35.1 Å². The van der Waals surface area contributed by atoms with Crippen LogP contribution in [0.2, 0.25) is 10.0 Å². The molecule has 1 aliphatic heterocycles. The lowest BCUT2D eigenvalue weighted by molar-refractivity contribution is -0.0500. The van der Waals surface area contributed by atoms with Crippen molar-refractivity contribution in [1.29, 1.82) is 0 Å². The lowest BCUT2D eigenvalue weighted by Crippen LogP contribution is -2.45. The summed E-state index contributed by atoms with van der Waals surface area (Å²) in [7, 11) is -5.81. The number of nitrogens with zero attached hydrogens (tertiary/aromatic N) is 2. The highest BCUT2D eigenvalue weighted by Crippen LogP contribution is 2.36. The largest absolute Gasteiger partial charge is 0.534 e. The molecule has 13 heteroatoms. The highest BCUT2D eigenvalue weighted by molar-refractivity contribution is 7.88. The van der Waals surface area contributed by atoms with E-state index in [0.717, 1.165) is 44.5 Å². The number of hydrazine groups is 1. The zero-order valence-electron chi connectivity index (χ0n) is 19.5. The number of hydrogen-bond acceptors (Lipinski definition) is 5. The monoisotopic (exact) mass is 575 g/mol. The van der Waals surface area contributed by atoms with Crippen molar-refractivity contribution in [3.63, 3.8) is 0 Å². The molecule has 4 rings (SSSR count). The minimum atomic E-state index is -5.81. The Morgan fingerprint density at radius 3 is 2.24 bits per heavy atom. The van der Waals surface area contributed by atoms with Crippen LogP contribution in [-0.2, 0) is 10.1 Å². The molecule has 0 spiro atoms. The molecule has 1 amide bonds. The van der Waals surface area contributed by atoms with Gasteiger partial charge in [0.05, 0.1) is 16.3 Å². The molecule has 7 nitrogen and oxygen atoms in total. The van der Waals surface area contributed by atoms with Crippen molar-refractivity contribution < 1.29 is 30.6 Å². The second-order valence-corrected chi connectivity index (χ2v) is 10.8. The van der Waals surface area contributed by atoms with Gasteiger partial charge >= 0.3 is 15.6 Å². The molecule has 0 saturated carbocycles. The molecule has 37 heavy (non-hydrogen) atoms. The lowest BCUT2D eigenvalue weighted by atomic mass is 10.1. The maximum atomic E-state index is 13.2. The van der Waals surface area contributed by atoms with E-state index in [0.29, 0.717) is 38.2 Å². The van der Waals surface area contributed by atoms with Crippen LogP contribution in [0.3, 0.4) is 0 Å². The summed E-state index contributed by atoms with van der Waals surface area (Å²) in [6.07, 6.45) is 3.06. The van der Waals surface area contributed by atoms with Crippen molar-refractivity contribution in [2.75, 3.05) is 13.1 Å². The molecule has 3 aromatic rings. The Morgan fingerprint density at radius 2 is 1.65 bits per heavy atom. The molecule has 0 bridgehead atoms. The van der Waals surface area contributed by atoms with Crippen LogP contribution < -0.4 is 9.61 Å². The topological polar surface area (TPSA) is 80.6 Å². The average Bonchev–Trinajstić information content (AvgIpc) is 3.16. The molecular formula is C24H22Cl2F3N3O4S. The Labute approximate surface area is 221 Å². The van der Waals surface area contributed by atoms with E-state index in [1.807, 2.05) is 5.01 Å². The third kappa shape index (κ3) is 5.90. The van der Waals surface area contributed by atoms with Crippen LogP contribution in [0.25, 0.3) is 16.9 Å². The summed E-state index contributed by atoms with van der Waals surface area (Å²) in [6.45, 7) is 3.20. The van der Waals surface area contributed by atoms with E-state index in [2.05, 4.69) is 9.61 Å².